The summed E-state index contributed by atoms with van der Waals surface area (Å²) in [4.78, 5) is 44.2. The highest BCUT2D eigenvalue weighted by molar-refractivity contribution is 5.99. The zero-order valence-corrected chi connectivity index (χ0v) is 19.0. The van der Waals surface area contributed by atoms with Gasteiger partial charge in [0.25, 0.3) is 11.5 Å². The average molecular weight is 480 g/mol. The molecule has 2 heterocycles. The van der Waals surface area contributed by atoms with Crippen LogP contribution in [-0.2, 0) is 17.9 Å². The van der Waals surface area contributed by atoms with Crippen LogP contribution in [0.25, 0.3) is 16.6 Å². The van der Waals surface area contributed by atoms with Crippen LogP contribution < -0.4 is 10.3 Å². The lowest BCUT2D eigenvalue weighted by atomic mass is 10.1. The number of carbonyl (C=O) groups excluding carboxylic acids is 1. The summed E-state index contributed by atoms with van der Waals surface area (Å²) < 4.78 is 7.31. The monoisotopic (exact) mass is 480 g/mol. The molecule has 4 aromatic rings. The molecule has 1 aliphatic heterocycles. The van der Waals surface area contributed by atoms with Crippen LogP contribution in [0.15, 0.2) is 71.5 Å². The van der Waals surface area contributed by atoms with Crippen LogP contribution in [0.3, 0.4) is 0 Å². The van der Waals surface area contributed by atoms with E-state index in [9.17, 15) is 19.5 Å². The van der Waals surface area contributed by atoms with Gasteiger partial charge in [0.15, 0.2) is 0 Å². The van der Waals surface area contributed by atoms with Gasteiger partial charge in [-0.05, 0) is 48.0 Å². The molecule has 0 bridgehead atoms. The summed E-state index contributed by atoms with van der Waals surface area (Å²) in [6, 6.07) is 20.8. The predicted molar refractivity (Wildman–Crippen MR) is 130 cm³/mol. The molecular formula is C27H20N4O5. The van der Waals surface area contributed by atoms with Crippen molar-refractivity contribution in [1.82, 2.24) is 14.5 Å². The van der Waals surface area contributed by atoms with Gasteiger partial charge >= 0.3 is 5.97 Å². The number of para-hydroxylation sites is 1. The summed E-state index contributed by atoms with van der Waals surface area (Å²) in [5.41, 5.74) is 2.16. The first-order valence-electron chi connectivity index (χ1n) is 11.2. The number of aromatic nitrogens is 2. The highest BCUT2D eigenvalue weighted by Gasteiger charge is 2.29. The number of fused-ring (bicyclic) bond motifs is 4. The van der Waals surface area contributed by atoms with E-state index in [4.69, 9.17) is 10.00 Å². The number of ether oxygens (including phenoxy) is 1. The van der Waals surface area contributed by atoms with Crippen LogP contribution in [0.1, 0.15) is 33.7 Å². The molecule has 0 spiro atoms. The highest BCUT2D eigenvalue weighted by atomic mass is 16.5. The van der Waals surface area contributed by atoms with Gasteiger partial charge in [-0.15, -0.1) is 0 Å². The van der Waals surface area contributed by atoms with Crippen molar-refractivity contribution >= 4 is 22.8 Å². The van der Waals surface area contributed by atoms with Crippen molar-refractivity contribution < 1.29 is 19.4 Å². The van der Waals surface area contributed by atoms with Gasteiger partial charge in [0.05, 0.1) is 46.8 Å². The predicted octanol–water partition coefficient (Wildman–Crippen LogP) is 3.27. The van der Waals surface area contributed by atoms with E-state index < -0.39 is 11.9 Å². The van der Waals surface area contributed by atoms with Gasteiger partial charge in [-0.1, -0.05) is 24.3 Å². The van der Waals surface area contributed by atoms with E-state index >= 15 is 0 Å². The number of aliphatic carboxylic acids is 1. The first kappa shape index (κ1) is 22.8. The third kappa shape index (κ3) is 4.28. The Balaban J connectivity index is 1.57. The standard InChI is InChI=1S/C27H20N4O5/c28-14-17-5-7-18(8-6-17)16-36-19-9-10-23-21(13-19)26(34)30(12-11-25(32)33)15-24-29-22-4-2-1-3-20(22)27(35)31(23)24/h1-10,13H,11-12,15-16H2,(H,32,33). The maximum absolute atomic E-state index is 13.5. The lowest BCUT2D eigenvalue weighted by Gasteiger charge is -2.19. The van der Waals surface area contributed by atoms with E-state index in [0.29, 0.717) is 33.7 Å². The minimum absolute atomic E-state index is 0.0116. The van der Waals surface area contributed by atoms with E-state index in [-0.39, 0.29) is 37.2 Å². The molecule has 36 heavy (non-hydrogen) atoms. The second-order valence-corrected chi connectivity index (χ2v) is 8.33. The summed E-state index contributed by atoms with van der Waals surface area (Å²) in [5, 5.41) is 18.6. The van der Waals surface area contributed by atoms with E-state index in [1.807, 2.05) is 0 Å². The zero-order chi connectivity index (χ0) is 25.2. The number of hydrogen-bond acceptors (Lipinski definition) is 6. The van der Waals surface area contributed by atoms with Crippen molar-refractivity contribution in [3.8, 4) is 17.5 Å². The molecule has 0 saturated heterocycles. The van der Waals surface area contributed by atoms with Crippen LogP contribution in [0.2, 0.25) is 0 Å². The molecule has 1 aliphatic rings. The number of carboxylic acid groups (broad SMARTS) is 1. The van der Waals surface area contributed by atoms with Gasteiger partial charge < -0.3 is 14.7 Å². The molecule has 178 valence electrons. The minimum atomic E-state index is -1.03. The zero-order valence-electron chi connectivity index (χ0n) is 19.0. The summed E-state index contributed by atoms with van der Waals surface area (Å²) in [6.07, 6.45) is -0.242. The average Bonchev–Trinajstić information content (AvgIpc) is 3.01. The Morgan fingerprint density at radius 2 is 1.86 bits per heavy atom. The normalized spacial score (nSPS) is 12.4. The van der Waals surface area contributed by atoms with Gasteiger partial charge in [-0.2, -0.15) is 5.26 Å². The van der Waals surface area contributed by atoms with E-state index in [1.54, 1.807) is 66.7 Å². The maximum atomic E-state index is 13.5. The Kier molecular flexibility index (Phi) is 5.92. The number of hydrogen-bond donors (Lipinski definition) is 1. The van der Waals surface area contributed by atoms with Gasteiger partial charge in [-0.3, -0.25) is 19.0 Å². The SMILES string of the molecule is N#Cc1ccc(COc2ccc3c(c2)C(=O)N(CCC(=O)O)Cc2nc4ccccc4c(=O)n2-3)cc1. The minimum Gasteiger partial charge on any atom is -0.489 e. The van der Waals surface area contributed by atoms with E-state index in [0.717, 1.165) is 5.56 Å². The Hall–Kier alpha value is -4.97. The molecule has 3 aromatic carbocycles. The second kappa shape index (κ2) is 9.35. The lowest BCUT2D eigenvalue weighted by Crippen LogP contribution is -2.32. The smallest absolute Gasteiger partial charge is 0.305 e. The van der Waals surface area contributed by atoms with Crippen molar-refractivity contribution in [3.05, 3.63) is 99.6 Å². The van der Waals surface area contributed by atoms with Crippen molar-refractivity contribution in [2.24, 2.45) is 0 Å². The molecule has 0 saturated carbocycles. The molecule has 9 heteroatoms. The summed E-state index contributed by atoms with van der Waals surface area (Å²) in [7, 11) is 0. The molecule has 0 radical (unpaired) electrons. The third-order valence-electron chi connectivity index (χ3n) is 5.99. The highest BCUT2D eigenvalue weighted by Crippen LogP contribution is 2.28. The van der Waals surface area contributed by atoms with Crippen LogP contribution >= 0.6 is 0 Å². The third-order valence-corrected chi connectivity index (χ3v) is 5.99. The maximum Gasteiger partial charge on any atom is 0.305 e. The van der Waals surface area contributed by atoms with Crippen molar-refractivity contribution in [3.63, 3.8) is 0 Å². The lowest BCUT2D eigenvalue weighted by molar-refractivity contribution is -0.137. The van der Waals surface area contributed by atoms with Crippen molar-refractivity contribution in [2.45, 2.75) is 19.6 Å². The van der Waals surface area contributed by atoms with Crippen molar-refractivity contribution in [2.75, 3.05) is 6.54 Å². The van der Waals surface area contributed by atoms with Crippen LogP contribution in [0.5, 0.6) is 5.75 Å². The first-order valence-corrected chi connectivity index (χ1v) is 11.2. The molecule has 1 N–H and O–H groups in total. The second-order valence-electron chi connectivity index (χ2n) is 8.33. The van der Waals surface area contributed by atoms with Crippen molar-refractivity contribution in [1.29, 1.82) is 5.26 Å². The van der Waals surface area contributed by atoms with Gasteiger partial charge in [0, 0.05) is 6.54 Å². The van der Waals surface area contributed by atoms with E-state index in [2.05, 4.69) is 11.1 Å². The molecule has 1 aromatic heterocycles. The van der Waals surface area contributed by atoms with Crippen LogP contribution in [0, 0.1) is 11.3 Å². The van der Waals surface area contributed by atoms with Crippen LogP contribution in [-0.4, -0.2) is 38.0 Å². The Labute approximate surface area is 205 Å². The summed E-state index contributed by atoms with van der Waals surface area (Å²) in [5.74, 6) is -0.683. The number of benzene rings is 3. The number of nitrogens with zero attached hydrogens (tertiary/aromatic N) is 4. The Bertz CT molecular complexity index is 1600. The largest absolute Gasteiger partial charge is 0.489 e. The van der Waals surface area contributed by atoms with Gasteiger partial charge in [0.1, 0.15) is 18.2 Å². The fraction of sp³-hybridized carbons (Fsp3) is 0.148. The molecular weight excluding hydrogens is 460 g/mol. The van der Waals surface area contributed by atoms with E-state index in [1.165, 1.54) is 9.47 Å². The number of rotatable bonds is 6. The molecule has 1 amide bonds. The molecule has 9 nitrogen and oxygen atoms in total. The molecule has 0 atom stereocenters. The van der Waals surface area contributed by atoms with Crippen LogP contribution in [0.4, 0.5) is 0 Å². The molecule has 0 fully saturated rings. The number of nitriles is 1. The summed E-state index contributed by atoms with van der Waals surface area (Å²) in [6.45, 7) is 0.166. The number of carboxylic acids is 1. The Morgan fingerprint density at radius 1 is 1.08 bits per heavy atom. The quantitative estimate of drug-likeness (QED) is 0.449. The first-order chi connectivity index (χ1) is 17.4. The molecule has 0 aliphatic carbocycles. The van der Waals surface area contributed by atoms with Gasteiger partial charge in [-0.25, -0.2) is 4.98 Å². The fourth-order valence-electron chi connectivity index (χ4n) is 4.17. The summed E-state index contributed by atoms with van der Waals surface area (Å²) >= 11 is 0. The Morgan fingerprint density at radius 3 is 2.61 bits per heavy atom. The number of amides is 1. The topological polar surface area (TPSA) is 126 Å². The molecule has 0 unspecified atom stereocenters. The fourth-order valence-corrected chi connectivity index (χ4v) is 4.17. The molecule has 5 rings (SSSR count). The van der Waals surface area contributed by atoms with Gasteiger partial charge in [0.2, 0.25) is 0 Å². The number of carbonyl (C=O) groups is 2.